The van der Waals surface area contributed by atoms with Crippen LogP contribution >= 0.6 is 0 Å². The van der Waals surface area contributed by atoms with Crippen molar-refractivity contribution in [1.29, 1.82) is 0 Å². The predicted octanol–water partition coefficient (Wildman–Crippen LogP) is 4.07. The van der Waals surface area contributed by atoms with E-state index in [4.69, 9.17) is 4.74 Å². The van der Waals surface area contributed by atoms with Gasteiger partial charge in [0, 0.05) is 12.1 Å². The minimum Gasteiger partial charge on any atom is -0.497 e. The van der Waals surface area contributed by atoms with Crippen molar-refractivity contribution < 1.29 is 24.4 Å². The van der Waals surface area contributed by atoms with Crippen LogP contribution in [-0.2, 0) is 16.0 Å². The average Bonchev–Trinajstić information content (AvgIpc) is 2.95. The fourth-order valence-electron chi connectivity index (χ4n) is 4.65. The molecule has 9 heteroatoms. The molecule has 0 aromatic heterocycles. The van der Waals surface area contributed by atoms with E-state index in [-0.39, 0.29) is 17.7 Å². The van der Waals surface area contributed by atoms with E-state index in [1.165, 1.54) is 0 Å². The minimum absolute atomic E-state index is 0.138. The Kier molecular flexibility index (Phi) is 11.8. The van der Waals surface area contributed by atoms with Crippen LogP contribution in [0.15, 0.2) is 78.9 Å². The lowest BCUT2D eigenvalue weighted by Gasteiger charge is -2.28. The first-order valence-corrected chi connectivity index (χ1v) is 14.1. The zero-order valence-electron chi connectivity index (χ0n) is 24.5. The van der Waals surface area contributed by atoms with Gasteiger partial charge in [-0.3, -0.25) is 9.59 Å². The van der Waals surface area contributed by atoms with Gasteiger partial charge in [0.1, 0.15) is 17.8 Å². The molecule has 3 atom stereocenters. The third-order valence-corrected chi connectivity index (χ3v) is 6.89. The van der Waals surface area contributed by atoms with E-state index >= 15 is 0 Å². The zero-order chi connectivity index (χ0) is 29.9. The molecule has 5 N–H and O–H groups in total. The summed E-state index contributed by atoms with van der Waals surface area (Å²) in [5, 5.41) is 28.6. The molecule has 0 aliphatic carbocycles. The Morgan fingerprint density at radius 2 is 1.49 bits per heavy atom. The number of anilines is 1. The molecular formula is C32H42BN3O5. The predicted molar refractivity (Wildman–Crippen MR) is 164 cm³/mol. The van der Waals surface area contributed by atoms with Crippen LogP contribution in [0.4, 0.5) is 5.69 Å². The molecule has 3 aromatic carbocycles. The lowest BCUT2D eigenvalue weighted by atomic mass is 9.75. The summed E-state index contributed by atoms with van der Waals surface area (Å²) in [5.74, 6) is -1.02. The lowest BCUT2D eigenvalue weighted by molar-refractivity contribution is -0.130. The van der Waals surface area contributed by atoms with Crippen LogP contribution in [0.1, 0.15) is 39.7 Å². The fourth-order valence-corrected chi connectivity index (χ4v) is 4.65. The smallest absolute Gasteiger partial charge is 0.475 e. The first-order valence-electron chi connectivity index (χ1n) is 14.1. The summed E-state index contributed by atoms with van der Waals surface area (Å²) in [4.78, 5) is 27.0. The Bertz CT molecular complexity index is 1250. The van der Waals surface area contributed by atoms with Gasteiger partial charge in [0.15, 0.2) is 0 Å². The average molecular weight is 560 g/mol. The van der Waals surface area contributed by atoms with Gasteiger partial charge in [0.05, 0.1) is 13.1 Å². The highest BCUT2D eigenvalue weighted by molar-refractivity contribution is 6.43. The Morgan fingerprint density at radius 1 is 0.829 bits per heavy atom. The number of carbonyl (C=O) groups is 2. The standard InChI is InChI=1S/C32H42BN3O5/c1-21(2)18-29(33(39)40)35-32(38)30(22(3)4)36-31(37)28(19-23-14-16-27(41-5)17-15-23)34-26-13-9-12-25(20-26)24-10-7-6-8-11-24/h6-17,20-22,28-30,34,39-40H,18-19H2,1-5H3,(H,35,38)(H,36,37)/t28-,29-,30-/m0/s1. The van der Waals surface area contributed by atoms with Gasteiger partial charge in [-0.1, -0.05) is 82.3 Å². The number of methoxy groups -OCH3 is 1. The first-order chi connectivity index (χ1) is 19.6. The van der Waals surface area contributed by atoms with E-state index in [9.17, 15) is 19.6 Å². The van der Waals surface area contributed by atoms with Gasteiger partial charge in [0.2, 0.25) is 11.8 Å². The molecule has 0 saturated carbocycles. The second-order valence-electron chi connectivity index (χ2n) is 11.1. The number of carbonyl (C=O) groups excluding carboxylic acids is 2. The fraction of sp³-hybridized carbons (Fsp3) is 0.375. The zero-order valence-corrected chi connectivity index (χ0v) is 24.5. The maximum absolute atomic E-state index is 13.8. The first kappa shape index (κ1) is 31.7. The number of rotatable bonds is 14. The topological polar surface area (TPSA) is 120 Å². The molecule has 41 heavy (non-hydrogen) atoms. The number of nitrogens with one attached hydrogen (secondary N) is 3. The second-order valence-corrected chi connectivity index (χ2v) is 11.1. The molecule has 3 aromatic rings. The molecule has 0 unspecified atom stereocenters. The summed E-state index contributed by atoms with van der Waals surface area (Å²) in [6.45, 7) is 7.55. The van der Waals surface area contributed by atoms with Gasteiger partial charge in [-0.05, 0) is 59.2 Å². The molecule has 2 amide bonds. The molecule has 0 bridgehead atoms. The third kappa shape index (κ3) is 9.65. The summed E-state index contributed by atoms with van der Waals surface area (Å²) in [5.41, 5.74) is 3.76. The molecule has 0 fully saturated rings. The number of hydrogen-bond donors (Lipinski definition) is 5. The number of amides is 2. The van der Waals surface area contributed by atoms with Crippen LogP contribution in [-0.4, -0.2) is 54.1 Å². The summed E-state index contributed by atoms with van der Waals surface area (Å²) >= 11 is 0. The largest absolute Gasteiger partial charge is 0.497 e. The number of hydrogen-bond acceptors (Lipinski definition) is 6. The van der Waals surface area contributed by atoms with Crippen molar-refractivity contribution >= 4 is 24.6 Å². The normalized spacial score (nSPS) is 13.3. The Morgan fingerprint density at radius 3 is 2.07 bits per heavy atom. The summed E-state index contributed by atoms with van der Waals surface area (Å²) in [6, 6.07) is 23.8. The third-order valence-electron chi connectivity index (χ3n) is 6.89. The highest BCUT2D eigenvalue weighted by Crippen LogP contribution is 2.24. The minimum atomic E-state index is -1.70. The molecule has 218 valence electrons. The monoisotopic (exact) mass is 559 g/mol. The summed E-state index contributed by atoms with van der Waals surface area (Å²) in [6.07, 6.45) is 0.755. The van der Waals surface area contributed by atoms with Crippen molar-refractivity contribution in [3.8, 4) is 16.9 Å². The molecule has 0 spiro atoms. The quantitative estimate of drug-likeness (QED) is 0.190. The summed E-state index contributed by atoms with van der Waals surface area (Å²) in [7, 11) is -0.100. The van der Waals surface area contributed by atoms with Crippen molar-refractivity contribution in [2.75, 3.05) is 12.4 Å². The molecule has 0 saturated heterocycles. The molecule has 8 nitrogen and oxygen atoms in total. The van der Waals surface area contributed by atoms with Crippen molar-refractivity contribution in [2.24, 2.45) is 11.8 Å². The van der Waals surface area contributed by atoms with E-state index in [2.05, 4.69) is 16.0 Å². The SMILES string of the molecule is COc1ccc(C[C@H](Nc2cccc(-c3ccccc3)c2)C(=O)N[C@H](C(=O)N[C@@H](CC(C)C)B(O)O)C(C)C)cc1. The van der Waals surface area contributed by atoms with Gasteiger partial charge < -0.3 is 30.7 Å². The molecule has 0 radical (unpaired) electrons. The van der Waals surface area contributed by atoms with Gasteiger partial charge in [0.25, 0.3) is 0 Å². The van der Waals surface area contributed by atoms with E-state index in [0.29, 0.717) is 12.8 Å². The molecule has 3 rings (SSSR count). The van der Waals surface area contributed by atoms with Gasteiger partial charge in [-0.15, -0.1) is 0 Å². The van der Waals surface area contributed by atoms with Crippen LogP contribution in [0.2, 0.25) is 0 Å². The van der Waals surface area contributed by atoms with E-state index in [0.717, 1.165) is 28.1 Å². The van der Waals surface area contributed by atoms with Gasteiger partial charge in [-0.25, -0.2) is 0 Å². The second kappa shape index (κ2) is 15.3. The van der Waals surface area contributed by atoms with E-state index in [1.54, 1.807) is 7.11 Å². The van der Waals surface area contributed by atoms with Crippen LogP contribution in [0.25, 0.3) is 11.1 Å². The van der Waals surface area contributed by atoms with Crippen molar-refractivity contribution in [3.05, 3.63) is 84.4 Å². The highest BCUT2D eigenvalue weighted by Gasteiger charge is 2.32. The molecule has 0 aliphatic heterocycles. The molecule has 0 aliphatic rings. The summed E-state index contributed by atoms with van der Waals surface area (Å²) < 4.78 is 5.28. The van der Waals surface area contributed by atoms with E-state index in [1.807, 2.05) is 107 Å². The van der Waals surface area contributed by atoms with Crippen molar-refractivity contribution in [2.45, 2.75) is 58.6 Å². The van der Waals surface area contributed by atoms with Crippen LogP contribution in [0.3, 0.4) is 0 Å². The number of ether oxygens (including phenoxy) is 1. The van der Waals surface area contributed by atoms with Gasteiger partial charge in [-0.2, -0.15) is 0 Å². The Hall–Kier alpha value is -3.82. The Balaban J connectivity index is 1.85. The van der Waals surface area contributed by atoms with Crippen molar-refractivity contribution in [1.82, 2.24) is 10.6 Å². The highest BCUT2D eigenvalue weighted by atomic mass is 16.5. The molecular weight excluding hydrogens is 517 g/mol. The lowest BCUT2D eigenvalue weighted by Crippen LogP contribution is -2.57. The maximum Gasteiger partial charge on any atom is 0.475 e. The number of benzene rings is 3. The van der Waals surface area contributed by atoms with Crippen LogP contribution in [0, 0.1) is 11.8 Å². The Labute approximate surface area is 243 Å². The van der Waals surface area contributed by atoms with E-state index < -0.39 is 31.1 Å². The molecule has 0 heterocycles. The van der Waals surface area contributed by atoms with Crippen LogP contribution < -0.4 is 20.7 Å². The van der Waals surface area contributed by atoms with Crippen molar-refractivity contribution in [3.63, 3.8) is 0 Å². The maximum atomic E-state index is 13.8. The van der Waals surface area contributed by atoms with Crippen LogP contribution in [0.5, 0.6) is 5.75 Å². The van der Waals surface area contributed by atoms with Gasteiger partial charge >= 0.3 is 7.12 Å².